The lowest BCUT2D eigenvalue weighted by molar-refractivity contribution is -0.150. The zero-order chi connectivity index (χ0) is 13.3. The average molecular weight is 244 g/mol. The Morgan fingerprint density at radius 3 is 2.53 bits per heavy atom. The van der Waals surface area contributed by atoms with Crippen molar-refractivity contribution in [2.75, 3.05) is 33.8 Å². The van der Waals surface area contributed by atoms with Gasteiger partial charge in [0.2, 0.25) is 0 Å². The number of carbonyl (C=O) groups is 2. The van der Waals surface area contributed by atoms with Crippen LogP contribution in [0, 0.1) is 5.92 Å². The molecule has 1 atom stereocenters. The second-order valence-corrected chi connectivity index (χ2v) is 4.43. The van der Waals surface area contributed by atoms with Crippen molar-refractivity contribution in [1.82, 2.24) is 10.2 Å². The smallest absolute Gasteiger partial charge is 0.320 e. The molecule has 100 valence electrons. The van der Waals surface area contributed by atoms with Crippen LogP contribution in [0.3, 0.4) is 0 Å². The van der Waals surface area contributed by atoms with E-state index in [1.165, 1.54) is 4.90 Å². The molecule has 0 spiro atoms. The fourth-order valence-electron chi connectivity index (χ4n) is 1.07. The monoisotopic (exact) mass is 244 g/mol. The largest absolute Gasteiger partial charge is 0.455 e. The minimum atomic E-state index is -0.385. The molecule has 1 unspecified atom stereocenters. The zero-order valence-electron chi connectivity index (χ0n) is 11.3. The van der Waals surface area contributed by atoms with Gasteiger partial charge in [-0.25, -0.2) is 0 Å². The molecule has 0 saturated heterocycles. The number of esters is 1. The third-order valence-corrected chi connectivity index (χ3v) is 2.64. The molecule has 1 N–H and O–H groups in total. The molecule has 0 aromatic rings. The Morgan fingerprint density at radius 2 is 2.00 bits per heavy atom. The summed E-state index contributed by atoms with van der Waals surface area (Å²) in [6.07, 6.45) is 2.18. The molecule has 1 amide bonds. The summed E-state index contributed by atoms with van der Waals surface area (Å²) in [6.45, 7) is 5.10. The summed E-state index contributed by atoms with van der Waals surface area (Å²) in [5, 5.41) is 3.00. The van der Waals surface area contributed by atoms with Crippen LogP contribution in [-0.2, 0) is 14.3 Å². The van der Waals surface area contributed by atoms with Gasteiger partial charge in [0, 0.05) is 14.1 Å². The molecule has 0 bridgehead atoms. The highest BCUT2D eigenvalue weighted by Gasteiger charge is 2.08. The molecule has 0 radical (unpaired) electrons. The number of nitrogens with one attached hydrogen (secondary N) is 1. The molecular formula is C12H24N2O3. The molecule has 5 nitrogen and oxygen atoms in total. The standard InChI is InChI=1S/C12H24N2O3/c1-5-10(2)6-7-13-8-12(16)17-9-11(15)14(3)4/h10,13H,5-9H2,1-4H3. The average Bonchev–Trinajstić information content (AvgIpc) is 2.30. The summed E-state index contributed by atoms with van der Waals surface area (Å²) in [4.78, 5) is 23.8. The van der Waals surface area contributed by atoms with Crippen LogP contribution in [0.2, 0.25) is 0 Å². The van der Waals surface area contributed by atoms with Gasteiger partial charge in [-0.05, 0) is 18.9 Å². The van der Waals surface area contributed by atoms with Gasteiger partial charge in [0.15, 0.2) is 6.61 Å². The molecule has 0 aromatic carbocycles. The Labute approximate surface area is 103 Å². The van der Waals surface area contributed by atoms with Crippen LogP contribution in [0.25, 0.3) is 0 Å². The van der Waals surface area contributed by atoms with Crippen molar-refractivity contribution in [3.8, 4) is 0 Å². The minimum absolute atomic E-state index is 0.164. The van der Waals surface area contributed by atoms with Gasteiger partial charge < -0.3 is 15.0 Å². The quantitative estimate of drug-likeness (QED) is 0.503. The van der Waals surface area contributed by atoms with Crippen LogP contribution in [0.15, 0.2) is 0 Å². The topological polar surface area (TPSA) is 58.6 Å². The first-order valence-corrected chi connectivity index (χ1v) is 6.03. The highest BCUT2D eigenvalue weighted by Crippen LogP contribution is 2.03. The van der Waals surface area contributed by atoms with Crippen LogP contribution in [0.4, 0.5) is 0 Å². The van der Waals surface area contributed by atoms with Gasteiger partial charge in [0.1, 0.15) is 0 Å². The van der Waals surface area contributed by atoms with Crippen molar-refractivity contribution < 1.29 is 14.3 Å². The maximum Gasteiger partial charge on any atom is 0.320 e. The molecule has 17 heavy (non-hydrogen) atoms. The van der Waals surface area contributed by atoms with E-state index in [1.807, 2.05) is 0 Å². The number of likely N-dealkylation sites (N-methyl/N-ethyl adjacent to an activating group) is 1. The van der Waals surface area contributed by atoms with Crippen molar-refractivity contribution in [1.29, 1.82) is 0 Å². The molecular weight excluding hydrogens is 220 g/mol. The maximum atomic E-state index is 11.2. The number of carbonyl (C=O) groups excluding carboxylic acids is 2. The number of amides is 1. The molecule has 0 aliphatic rings. The van der Waals surface area contributed by atoms with Crippen LogP contribution in [0.1, 0.15) is 26.7 Å². The normalized spacial score (nSPS) is 12.0. The molecule has 0 rings (SSSR count). The minimum Gasteiger partial charge on any atom is -0.455 e. The summed E-state index contributed by atoms with van der Waals surface area (Å²) in [7, 11) is 3.25. The van der Waals surface area contributed by atoms with Crippen LogP contribution >= 0.6 is 0 Å². The second kappa shape index (κ2) is 8.98. The van der Waals surface area contributed by atoms with E-state index >= 15 is 0 Å². The second-order valence-electron chi connectivity index (χ2n) is 4.43. The van der Waals surface area contributed by atoms with Gasteiger partial charge in [0.05, 0.1) is 6.54 Å². The summed E-state index contributed by atoms with van der Waals surface area (Å²) in [5.74, 6) is 0.0659. The summed E-state index contributed by atoms with van der Waals surface area (Å²) >= 11 is 0. The van der Waals surface area contributed by atoms with Crippen molar-refractivity contribution in [2.45, 2.75) is 26.7 Å². The molecule has 0 aromatic heterocycles. The maximum absolute atomic E-state index is 11.2. The van der Waals surface area contributed by atoms with Gasteiger partial charge in [-0.2, -0.15) is 0 Å². The fraction of sp³-hybridized carbons (Fsp3) is 0.833. The van der Waals surface area contributed by atoms with Crippen molar-refractivity contribution >= 4 is 11.9 Å². The summed E-state index contributed by atoms with van der Waals surface area (Å²) in [5.41, 5.74) is 0. The molecule has 0 aliphatic carbocycles. The van der Waals surface area contributed by atoms with E-state index in [-0.39, 0.29) is 25.0 Å². The van der Waals surface area contributed by atoms with Crippen LogP contribution in [-0.4, -0.2) is 50.6 Å². The molecule has 0 fully saturated rings. The van der Waals surface area contributed by atoms with Crippen molar-refractivity contribution in [3.63, 3.8) is 0 Å². The van der Waals surface area contributed by atoms with E-state index in [2.05, 4.69) is 19.2 Å². The van der Waals surface area contributed by atoms with E-state index in [1.54, 1.807) is 14.1 Å². The number of rotatable bonds is 8. The van der Waals surface area contributed by atoms with Crippen LogP contribution < -0.4 is 5.32 Å². The third kappa shape index (κ3) is 8.68. The third-order valence-electron chi connectivity index (χ3n) is 2.64. The van der Waals surface area contributed by atoms with Gasteiger partial charge in [-0.15, -0.1) is 0 Å². The van der Waals surface area contributed by atoms with Crippen molar-refractivity contribution in [3.05, 3.63) is 0 Å². The van der Waals surface area contributed by atoms with E-state index < -0.39 is 0 Å². The lowest BCUT2D eigenvalue weighted by Gasteiger charge is -2.11. The number of ether oxygens (including phenoxy) is 1. The Kier molecular flexibility index (Phi) is 8.40. The highest BCUT2D eigenvalue weighted by molar-refractivity contribution is 5.80. The molecule has 5 heteroatoms. The molecule has 0 saturated carbocycles. The molecule has 0 aliphatic heterocycles. The molecule has 0 heterocycles. The van der Waals surface area contributed by atoms with Crippen molar-refractivity contribution in [2.24, 2.45) is 5.92 Å². The number of nitrogens with zero attached hydrogens (tertiary/aromatic N) is 1. The Balaban J connectivity index is 3.50. The van der Waals surface area contributed by atoms with Gasteiger partial charge in [-0.1, -0.05) is 20.3 Å². The number of hydrogen-bond acceptors (Lipinski definition) is 4. The first-order chi connectivity index (χ1) is 7.97. The van der Waals surface area contributed by atoms with Gasteiger partial charge in [0.25, 0.3) is 5.91 Å². The predicted molar refractivity (Wildman–Crippen MR) is 66.6 cm³/mol. The zero-order valence-corrected chi connectivity index (χ0v) is 11.3. The lowest BCUT2D eigenvalue weighted by atomic mass is 10.1. The summed E-state index contributed by atoms with van der Waals surface area (Å²) < 4.78 is 4.81. The Bertz CT molecular complexity index is 242. The Hall–Kier alpha value is -1.10. The van der Waals surface area contributed by atoms with E-state index in [0.29, 0.717) is 5.92 Å². The van der Waals surface area contributed by atoms with E-state index in [9.17, 15) is 9.59 Å². The number of hydrogen-bond donors (Lipinski definition) is 1. The fourth-order valence-corrected chi connectivity index (χ4v) is 1.07. The summed E-state index contributed by atoms with van der Waals surface area (Å²) in [6, 6.07) is 0. The highest BCUT2D eigenvalue weighted by atomic mass is 16.5. The van der Waals surface area contributed by atoms with E-state index in [0.717, 1.165) is 19.4 Å². The SMILES string of the molecule is CCC(C)CCNCC(=O)OCC(=O)N(C)C. The Morgan fingerprint density at radius 1 is 1.35 bits per heavy atom. The van der Waals surface area contributed by atoms with Crippen LogP contribution in [0.5, 0.6) is 0 Å². The van der Waals surface area contributed by atoms with Gasteiger partial charge >= 0.3 is 5.97 Å². The van der Waals surface area contributed by atoms with E-state index in [4.69, 9.17) is 4.74 Å². The first-order valence-electron chi connectivity index (χ1n) is 6.03. The van der Waals surface area contributed by atoms with Gasteiger partial charge in [-0.3, -0.25) is 9.59 Å². The predicted octanol–water partition coefficient (Wildman–Crippen LogP) is 0.644. The first kappa shape index (κ1) is 15.9. The lowest BCUT2D eigenvalue weighted by Crippen LogP contribution is -2.31.